The van der Waals surface area contributed by atoms with Crippen molar-refractivity contribution in [3.8, 4) is 0 Å². The van der Waals surface area contributed by atoms with Crippen LogP contribution >= 0.6 is 27.3 Å². The van der Waals surface area contributed by atoms with Gasteiger partial charge in [0.05, 0.1) is 16.4 Å². The molecule has 0 radical (unpaired) electrons. The smallest absolute Gasteiger partial charge is 0.319 e. The van der Waals surface area contributed by atoms with Crippen LogP contribution in [0.15, 0.2) is 15.9 Å². The molecular weight excluding hydrogens is 588 g/mol. The zero-order valence-electron chi connectivity index (χ0n) is 24.5. The molecule has 1 aromatic rings. The van der Waals surface area contributed by atoms with Crippen LogP contribution in [0.25, 0.3) is 0 Å². The van der Waals surface area contributed by atoms with Crippen molar-refractivity contribution < 1.29 is 19.1 Å². The number of hydrogen-bond donors (Lipinski definition) is 2. The molecule has 4 aliphatic rings. The van der Waals surface area contributed by atoms with E-state index in [4.69, 9.17) is 10.5 Å². The van der Waals surface area contributed by atoms with Gasteiger partial charge in [0.25, 0.3) is 0 Å². The first-order valence-electron chi connectivity index (χ1n) is 15.5. The lowest BCUT2D eigenvalue weighted by Gasteiger charge is -2.62. The standard InChI is InChI=1S/C32H47BrN2O4S/c1-5-24(26-8-9-27(33)40-26)35-28(37)14-18(2)21-6-7-22-30-23(11-13-32(21,22)4)31(3)12-10-20(36)15-19(31)16-25(30)39-29(38)17-34/h8-9,18-19,21-25,30H,5-7,10-17,34H2,1-4H3,(H,35,37)/t18-,19+,21-,22+,23+,24-,25-,30+,31+,32-/m1/s1. The van der Waals surface area contributed by atoms with Crippen molar-refractivity contribution in [1.29, 1.82) is 0 Å². The van der Waals surface area contributed by atoms with Crippen molar-refractivity contribution in [2.45, 2.75) is 104 Å². The van der Waals surface area contributed by atoms with Crippen LogP contribution in [-0.4, -0.2) is 30.3 Å². The number of ether oxygens (including phenoxy) is 1. The van der Waals surface area contributed by atoms with E-state index in [-0.39, 0.29) is 53.2 Å². The normalized spacial score (nSPS) is 38.5. The molecule has 40 heavy (non-hydrogen) atoms. The zero-order chi connectivity index (χ0) is 28.8. The van der Waals surface area contributed by atoms with Gasteiger partial charge < -0.3 is 15.8 Å². The second kappa shape index (κ2) is 11.8. The molecule has 1 amide bonds. The Kier molecular flexibility index (Phi) is 8.91. The maximum absolute atomic E-state index is 13.3. The van der Waals surface area contributed by atoms with Crippen molar-refractivity contribution in [3.63, 3.8) is 0 Å². The van der Waals surface area contributed by atoms with E-state index in [1.807, 2.05) is 6.07 Å². The van der Waals surface area contributed by atoms with Gasteiger partial charge in [0.15, 0.2) is 0 Å². The first kappa shape index (κ1) is 30.2. The van der Waals surface area contributed by atoms with Crippen molar-refractivity contribution >= 4 is 44.9 Å². The fraction of sp³-hybridized carbons (Fsp3) is 0.781. The van der Waals surface area contributed by atoms with Crippen LogP contribution in [0, 0.1) is 46.3 Å². The average Bonchev–Trinajstić information content (AvgIpc) is 3.50. The van der Waals surface area contributed by atoms with Gasteiger partial charge in [-0.3, -0.25) is 14.4 Å². The molecule has 0 aliphatic heterocycles. The van der Waals surface area contributed by atoms with Crippen molar-refractivity contribution in [2.24, 2.45) is 52.1 Å². The van der Waals surface area contributed by atoms with Gasteiger partial charge in [-0.2, -0.15) is 0 Å². The van der Waals surface area contributed by atoms with Gasteiger partial charge in [0.2, 0.25) is 5.91 Å². The highest BCUT2D eigenvalue weighted by molar-refractivity contribution is 9.11. The van der Waals surface area contributed by atoms with Gasteiger partial charge in [-0.25, -0.2) is 0 Å². The van der Waals surface area contributed by atoms with E-state index in [0.29, 0.717) is 48.7 Å². The summed E-state index contributed by atoms with van der Waals surface area (Å²) in [4.78, 5) is 39.4. The summed E-state index contributed by atoms with van der Waals surface area (Å²) in [5, 5.41) is 3.31. The molecule has 222 valence electrons. The summed E-state index contributed by atoms with van der Waals surface area (Å²) in [6.45, 7) is 9.16. The molecule has 5 rings (SSSR count). The number of halogens is 1. The molecule has 10 atom stereocenters. The maximum Gasteiger partial charge on any atom is 0.319 e. The summed E-state index contributed by atoms with van der Waals surface area (Å²) in [5.74, 6) is 2.41. The van der Waals surface area contributed by atoms with E-state index >= 15 is 0 Å². The highest BCUT2D eigenvalue weighted by Crippen LogP contribution is 2.68. The van der Waals surface area contributed by atoms with E-state index in [2.05, 4.69) is 55.0 Å². The van der Waals surface area contributed by atoms with Crippen LogP contribution in [0.1, 0.15) is 103 Å². The van der Waals surface area contributed by atoms with Crippen LogP contribution in [0.5, 0.6) is 0 Å². The Balaban J connectivity index is 1.33. The number of ketones is 1. The Labute approximate surface area is 252 Å². The number of nitrogens with two attached hydrogens (primary N) is 1. The number of fused-ring (bicyclic) bond motifs is 5. The predicted octanol–water partition coefficient (Wildman–Crippen LogP) is 6.81. The topological polar surface area (TPSA) is 98.5 Å². The fourth-order valence-electron chi connectivity index (χ4n) is 9.88. The second-order valence-electron chi connectivity index (χ2n) is 13.8. The Hall–Kier alpha value is -1.25. The number of amides is 1. The summed E-state index contributed by atoms with van der Waals surface area (Å²) < 4.78 is 7.20. The van der Waals surface area contributed by atoms with Gasteiger partial charge in [-0.05, 0) is 113 Å². The fourth-order valence-corrected chi connectivity index (χ4v) is 11.4. The molecule has 4 aliphatic carbocycles. The molecule has 1 aromatic heterocycles. The summed E-state index contributed by atoms with van der Waals surface area (Å²) in [6, 6.07) is 4.19. The lowest BCUT2D eigenvalue weighted by Crippen LogP contribution is -2.59. The largest absolute Gasteiger partial charge is 0.461 e. The molecule has 4 saturated carbocycles. The van der Waals surface area contributed by atoms with E-state index in [1.165, 1.54) is 4.88 Å². The van der Waals surface area contributed by atoms with E-state index in [1.54, 1.807) is 11.3 Å². The molecular formula is C32H47BrN2O4S. The van der Waals surface area contributed by atoms with Crippen LogP contribution < -0.4 is 11.1 Å². The number of esters is 1. The quantitative estimate of drug-likeness (QED) is 0.306. The highest BCUT2D eigenvalue weighted by atomic mass is 79.9. The Morgan fingerprint density at radius 3 is 2.60 bits per heavy atom. The average molecular weight is 636 g/mol. The monoisotopic (exact) mass is 634 g/mol. The molecule has 4 fully saturated rings. The Morgan fingerprint density at radius 1 is 1.18 bits per heavy atom. The molecule has 0 aromatic carbocycles. The van der Waals surface area contributed by atoms with Gasteiger partial charge in [-0.15, -0.1) is 11.3 Å². The molecule has 8 heteroatoms. The van der Waals surface area contributed by atoms with Gasteiger partial charge in [0.1, 0.15) is 11.9 Å². The Bertz CT molecular complexity index is 1120. The van der Waals surface area contributed by atoms with Crippen molar-refractivity contribution in [3.05, 3.63) is 20.8 Å². The van der Waals surface area contributed by atoms with Crippen LogP contribution in [0.2, 0.25) is 0 Å². The third kappa shape index (κ3) is 5.46. The number of Topliss-reactive ketones (excluding diaryl/α,β-unsaturated/α-hetero) is 1. The summed E-state index contributed by atoms with van der Waals surface area (Å²) in [6.07, 6.45) is 8.76. The van der Waals surface area contributed by atoms with E-state index in [9.17, 15) is 14.4 Å². The van der Waals surface area contributed by atoms with Gasteiger partial charge in [-0.1, -0.05) is 27.7 Å². The van der Waals surface area contributed by atoms with Crippen LogP contribution in [0.4, 0.5) is 0 Å². The van der Waals surface area contributed by atoms with Crippen molar-refractivity contribution in [2.75, 3.05) is 6.54 Å². The third-order valence-electron chi connectivity index (χ3n) is 11.9. The predicted molar refractivity (Wildman–Crippen MR) is 162 cm³/mol. The minimum Gasteiger partial charge on any atom is -0.461 e. The SMILES string of the molecule is CC[C@@H](NC(=O)C[C@@H](C)[C@H]1CC[C@H]2[C@@H]3[C@H](OC(=O)CN)C[C@@H]4CC(=O)CC[C@]4(C)[C@H]3CC[C@]12C)c1ccc(Br)s1. The summed E-state index contributed by atoms with van der Waals surface area (Å²) >= 11 is 5.23. The molecule has 1 heterocycles. The lowest BCUT2D eigenvalue weighted by molar-refractivity contribution is -0.190. The maximum atomic E-state index is 13.3. The van der Waals surface area contributed by atoms with Crippen LogP contribution in [-0.2, 0) is 19.1 Å². The van der Waals surface area contributed by atoms with E-state index in [0.717, 1.165) is 48.7 Å². The molecule has 3 N–H and O–H groups in total. The number of nitrogens with one attached hydrogen (secondary N) is 1. The molecule has 0 spiro atoms. The van der Waals surface area contributed by atoms with Crippen molar-refractivity contribution in [1.82, 2.24) is 5.32 Å². The Morgan fingerprint density at radius 2 is 1.93 bits per heavy atom. The zero-order valence-corrected chi connectivity index (χ0v) is 27.0. The van der Waals surface area contributed by atoms with Gasteiger partial charge in [0, 0.05) is 30.1 Å². The summed E-state index contributed by atoms with van der Waals surface area (Å²) in [7, 11) is 0. The highest BCUT2D eigenvalue weighted by Gasteiger charge is 2.63. The molecule has 6 nitrogen and oxygen atoms in total. The lowest BCUT2D eigenvalue weighted by atomic mass is 9.43. The number of carbonyl (C=O) groups excluding carboxylic acids is 3. The minimum absolute atomic E-state index is 0.0506. The minimum atomic E-state index is -0.329. The number of carbonyl (C=O) groups is 3. The van der Waals surface area contributed by atoms with Crippen LogP contribution in [0.3, 0.4) is 0 Å². The summed E-state index contributed by atoms with van der Waals surface area (Å²) in [5.41, 5.74) is 5.93. The number of rotatable bonds is 8. The van der Waals surface area contributed by atoms with Gasteiger partial charge >= 0.3 is 5.97 Å². The molecule has 0 unspecified atom stereocenters. The third-order valence-corrected chi connectivity index (χ3v) is 13.6. The second-order valence-corrected chi connectivity index (χ2v) is 16.3. The van der Waals surface area contributed by atoms with E-state index < -0.39 is 0 Å². The number of hydrogen-bond acceptors (Lipinski definition) is 6. The molecule has 0 bridgehead atoms. The first-order chi connectivity index (χ1) is 19.0. The number of thiophene rings is 1. The first-order valence-corrected chi connectivity index (χ1v) is 17.1. The molecule has 0 saturated heterocycles.